The molecule has 0 heterocycles. The minimum atomic E-state index is -3.34. The van der Waals surface area contributed by atoms with Crippen molar-refractivity contribution in [1.82, 2.24) is 0 Å². The van der Waals surface area contributed by atoms with Crippen LogP contribution in [0.15, 0.2) is 38.8 Å². The van der Waals surface area contributed by atoms with Gasteiger partial charge in [0.05, 0.1) is 0 Å². The van der Waals surface area contributed by atoms with Crippen molar-refractivity contribution in [3.05, 3.63) is 72.2 Å². The molecule has 1 aliphatic carbocycles. The number of aryl methyl sites for hydroxylation is 3. The van der Waals surface area contributed by atoms with Gasteiger partial charge in [0.1, 0.15) is 0 Å². The first-order chi connectivity index (χ1) is 24.3. The summed E-state index contributed by atoms with van der Waals surface area (Å²) in [6.07, 6.45) is 0. The Kier molecular flexibility index (Phi) is 17.0. The van der Waals surface area contributed by atoms with E-state index in [1.54, 1.807) is 0 Å². The van der Waals surface area contributed by atoms with Gasteiger partial charge in [0.15, 0.2) is 0 Å². The van der Waals surface area contributed by atoms with Gasteiger partial charge in [-0.1, -0.05) is 0 Å². The molecular formula is C45H69Cl3N6SiTi. The number of nitrogens with zero attached hydrogens (tertiary/aromatic N) is 6. The van der Waals surface area contributed by atoms with E-state index in [1.807, 2.05) is 0 Å². The average molecular weight is 876 g/mol. The minimum absolute atomic E-state index is 0. The zero-order valence-electron chi connectivity index (χ0n) is 38.5. The van der Waals surface area contributed by atoms with Crippen LogP contribution in [0.5, 0.6) is 0 Å². The number of hydrogen-bond acceptors (Lipinski definition) is 6. The van der Waals surface area contributed by atoms with Gasteiger partial charge >= 0.3 is 339 Å². The smallest absolute Gasteiger partial charge is 1.00 e. The van der Waals surface area contributed by atoms with Gasteiger partial charge in [0.25, 0.3) is 0 Å². The first-order valence-corrected chi connectivity index (χ1v) is 21.7. The molecule has 1 unspecified atom stereocenters. The zero-order chi connectivity index (χ0) is 40.6. The molecule has 0 bridgehead atoms. The van der Waals surface area contributed by atoms with Gasteiger partial charge in [0, 0.05) is 0 Å². The van der Waals surface area contributed by atoms with E-state index in [-0.39, 0.29) is 42.3 Å². The SMILES string of the molecule is CC1=C(C)C(C)([Si](c2c(C)cc(N(C)C)c(C)c2N(C)C)(c2c(C)cc(N(C)C)c(C)c2N(C)C)c2c(C)cc(N(C)C)c(C)c2N(C)C)[C]([Ti+3])=C1C.[Cl-].[Cl-].[Cl-]. The van der Waals surface area contributed by atoms with Crippen molar-refractivity contribution in [3.63, 3.8) is 0 Å². The van der Waals surface area contributed by atoms with Gasteiger partial charge < -0.3 is 37.2 Å². The molecule has 0 radical (unpaired) electrons. The fourth-order valence-electron chi connectivity index (χ4n) is 10.1. The summed E-state index contributed by atoms with van der Waals surface area (Å²) < 4.78 is 1.49. The molecule has 0 spiro atoms. The van der Waals surface area contributed by atoms with Crippen molar-refractivity contribution >= 4 is 57.8 Å². The summed E-state index contributed by atoms with van der Waals surface area (Å²) in [5.41, 5.74) is 20.3. The Balaban J connectivity index is 0.00000523. The second-order valence-corrected chi connectivity index (χ2v) is 22.0. The summed E-state index contributed by atoms with van der Waals surface area (Å²) >= 11 is 2.46. The molecular weight excluding hydrogens is 807 g/mol. The molecule has 6 nitrogen and oxygen atoms in total. The summed E-state index contributed by atoms with van der Waals surface area (Å²) in [5, 5.41) is 4.23. The normalized spacial score (nSPS) is 15.3. The number of hydrogen-bond donors (Lipinski definition) is 0. The van der Waals surface area contributed by atoms with Crippen molar-refractivity contribution in [2.45, 2.75) is 74.3 Å². The molecule has 308 valence electrons. The standard InChI is InChI=1S/C45H69N6Si.3ClH.Ti/c1-27-23-36(46(11)12)32(6)39(49(17)18)42(27)52(45(10)26-30(4)31(5)35(45)9,43-28(2)24-37(47(13)14)33(7)40(43)50(19)20)44-29(3)25-38(48(15)16)34(8)41(44)51(21)22;;;;/h23-25H,1-22H3;3*1H;/q;;;;+3/p-3. The Morgan fingerprint density at radius 1 is 0.429 bits per heavy atom. The van der Waals surface area contributed by atoms with Gasteiger partial charge in [-0.25, -0.2) is 0 Å². The van der Waals surface area contributed by atoms with Crippen molar-refractivity contribution in [2.75, 3.05) is 114 Å². The molecule has 4 rings (SSSR count). The summed E-state index contributed by atoms with van der Waals surface area (Å²) in [4.78, 5) is 14.2. The monoisotopic (exact) mass is 874 g/mol. The van der Waals surface area contributed by atoms with Crippen LogP contribution in [0.4, 0.5) is 34.1 Å². The summed E-state index contributed by atoms with van der Waals surface area (Å²) in [5.74, 6) is 0. The largest absolute Gasteiger partial charge is 1.00 e. The first-order valence-electron chi connectivity index (χ1n) is 18.9. The van der Waals surface area contributed by atoms with Crippen LogP contribution in [0.25, 0.3) is 0 Å². The van der Waals surface area contributed by atoms with E-state index in [1.165, 1.54) is 104 Å². The summed E-state index contributed by atoms with van der Waals surface area (Å²) in [6.45, 7) is 24.1. The van der Waals surface area contributed by atoms with Crippen LogP contribution in [0, 0.1) is 41.5 Å². The molecule has 0 amide bonds. The second-order valence-electron chi connectivity index (χ2n) is 17.2. The number of allylic oxidation sites excluding steroid dienone is 4. The fraction of sp³-hybridized carbons (Fsp3) is 0.511. The average Bonchev–Trinajstić information content (AvgIpc) is 3.19. The predicted octanol–water partition coefficient (Wildman–Crippen LogP) is -1.65. The van der Waals surface area contributed by atoms with E-state index in [4.69, 9.17) is 0 Å². The summed E-state index contributed by atoms with van der Waals surface area (Å²) in [6, 6.07) is 7.48. The maximum atomic E-state index is 2.64. The molecule has 3 aromatic rings. The number of benzene rings is 3. The fourth-order valence-corrected chi connectivity index (χ4v) is 19.5. The van der Waals surface area contributed by atoms with Gasteiger partial charge in [-0.05, 0) is 0 Å². The van der Waals surface area contributed by atoms with E-state index in [0.29, 0.717) is 0 Å². The molecule has 0 saturated heterocycles. The first kappa shape index (κ1) is 51.8. The number of halogens is 3. The zero-order valence-corrected chi connectivity index (χ0v) is 43.4. The van der Waals surface area contributed by atoms with Crippen LogP contribution in [-0.4, -0.2) is 92.6 Å². The maximum absolute atomic E-state index is 3.34. The van der Waals surface area contributed by atoms with Crippen LogP contribution in [0.1, 0.15) is 61.1 Å². The van der Waals surface area contributed by atoms with E-state index in [9.17, 15) is 0 Å². The minimum Gasteiger partial charge on any atom is -1.00 e. The van der Waals surface area contributed by atoms with Crippen LogP contribution in [-0.2, 0) is 20.4 Å². The molecule has 0 aliphatic heterocycles. The van der Waals surface area contributed by atoms with Gasteiger partial charge in [-0.15, -0.1) is 0 Å². The third-order valence-electron chi connectivity index (χ3n) is 12.6. The van der Waals surface area contributed by atoms with Crippen LogP contribution in [0.2, 0.25) is 5.04 Å². The molecule has 0 aromatic heterocycles. The molecule has 1 atom stereocenters. The van der Waals surface area contributed by atoms with E-state index >= 15 is 0 Å². The quantitative estimate of drug-likeness (QED) is 0.179. The van der Waals surface area contributed by atoms with E-state index in [2.05, 4.69) is 222 Å². The number of rotatable bonds is 10. The van der Waals surface area contributed by atoms with Gasteiger partial charge in [0.2, 0.25) is 0 Å². The van der Waals surface area contributed by atoms with Crippen molar-refractivity contribution in [1.29, 1.82) is 0 Å². The second kappa shape index (κ2) is 18.3. The molecule has 0 N–H and O–H groups in total. The van der Waals surface area contributed by atoms with Crippen molar-refractivity contribution in [2.24, 2.45) is 0 Å². The Morgan fingerprint density at radius 2 is 0.679 bits per heavy atom. The van der Waals surface area contributed by atoms with E-state index in [0.717, 1.165) is 0 Å². The molecule has 1 aliphatic rings. The molecule has 3 aromatic carbocycles. The molecule has 56 heavy (non-hydrogen) atoms. The number of anilines is 6. The van der Waals surface area contributed by atoms with Crippen LogP contribution in [0.3, 0.4) is 0 Å². The Bertz CT molecular complexity index is 1820. The molecule has 11 heteroatoms. The summed E-state index contributed by atoms with van der Waals surface area (Å²) in [7, 11) is 23.4. The molecule has 0 fully saturated rings. The Labute approximate surface area is 373 Å². The van der Waals surface area contributed by atoms with Crippen LogP contribution < -0.4 is 82.2 Å². The third kappa shape index (κ3) is 7.56. The van der Waals surface area contributed by atoms with Gasteiger partial charge in [-0.3, -0.25) is 0 Å². The predicted molar refractivity (Wildman–Crippen MR) is 238 cm³/mol. The van der Waals surface area contributed by atoms with Crippen LogP contribution >= 0.6 is 0 Å². The van der Waals surface area contributed by atoms with Gasteiger partial charge in [-0.2, -0.15) is 0 Å². The van der Waals surface area contributed by atoms with Crippen molar-refractivity contribution in [3.8, 4) is 0 Å². The topological polar surface area (TPSA) is 19.4 Å². The molecule has 0 saturated carbocycles. The maximum Gasteiger partial charge on any atom is -1.00 e. The van der Waals surface area contributed by atoms with Crippen molar-refractivity contribution < 1.29 is 57.7 Å². The Hall–Kier alpha value is -2.26. The van der Waals surface area contributed by atoms with E-state index < -0.39 is 8.07 Å². The Morgan fingerprint density at radius 3 is 0.857 bits per heavy atom. The third-order valence-corrected chi connectivity index (χ3v) is 20.6.